The Bertz CT molecular complexity index is 764. The van der Waals surface area contributed by atoms with E-state index in [4.69, 9.17) is 0 Å². The van der Waals surface area contributed by atoms with Crippen LogP contribution in [0, 0.1) is 0 Å². The van der Waals surface area contributed by atoms with Crippen molar-refractivity contribution in [2.24, 2.45) is 0 Å². The quantitative estimate of drug-likeness (QED) is 0.473. The molecule has 0 saturated heterocycles. The Morgan fingerprint density at radius 2 is 1.91 bits per heavy atom. The van der Waals surface area contributed by atoms with Gasteiger partial charge in [0.15, 0.2) is 11.5 Å². The van der Waals surface area contributed by atoms with Gasteiger partial charge in [-0.2, -0.15) is 21.6 Å². The summed E-state index contributed by atoms with van der Waals surface area (Å²) in [7, 11) is -5.80. The van der Waals surface area contributed by atoms with Crippen LogP contribution in [-0.2, 0) is 16.5 Å². The van der Waals surface area contributed by atoms with Gasteiger partial charge in [-0.25, -0.2) is 0 Å². The fourth-order valence-electron chi connectivity index (χ4n) is 2.53. The Kier molecular flexibility index (Phi) is 4.57. The Morgan fingerprint density at radius 3 is 2.48 bits per heavy atom. The Balaban J connectivity index is 2.62. The number of halogens is 3. The van der Waals surface area contributed by atoms with Gasteiger partial charge in [-0.1, -0.05) is 31.2 Å². The number of alkyl halides is 3. The molecule has 1 aromatic rings. The van der Waals surface area contributed by atoms with Gasteiger partial charge in [-0.3, -0.25) is 4.79 Å². The van der Waals surface area contributed by atoms with Crippen LogP contribution < -0.4 is 4.18 Å². The molecule has 0 amide bonds. The summed E-state index contributed by atoms with van der Waals surface area (Å²) in [5, 5.41) is 0. The first-order valence-corrected chi connectivity index (χ1v) is 8.32. The largest absolute Gasteiger partial charge is 0.534 e. The van der Waals surface area contributed by atoms with Crippen molar-refractivity contribution in [3.8, 4) is 5.75 Å². The molecule has 8 heteroatoms. The van der Waals surface area contributed by atoms with Gasteiger partial charge in [0.25, 0.3) is 0 Å². The molecule has 126 valence electrons. The summed E-state index contributed by atoms with van der Waals surface area (Å²) >= 11 is 0. The van der Waals surface area contributed by atoms with E-state index in [1.165, 1.54) is 12.1 Å². The first kappa shape index (κ1) is 17.5. The third-order valence-corrected chi connectivity index (χ3v) is 4.59. The highest BCUT2D eigenvalue weighted by Crippen LogP contribution is 2.40. The number of allylic oxidation sites excluding steroid dienone is 2. The van der Waals surface area contributed by atoms with Gasteiger partial charge in [0, 0.05) is 29.0 Å². The normalized spacial score (nSPS) is 16.7. The highest BCUT2D eigenvalue weighted by molar-refractivity contribution is 7.88. The Labute approximate surface area is 132 Å². The predicted octanol–water partition coefficient (Wildman–Crippen LogP) is 3.72. The van der Waals surface area contributed by atoms with Gasteiger partial charge in [0.05, 0.1) is 0 Å². The molecule has 0 N–H and O–H groups in total. The van der Waals surface area contributed by atoms with Gasteiger partial charge in [0.1, 0.15) is 0 Å². The van der Waals surface area contributed by atoms with Crippen LogP contribution >= 0.6 is 0 Å². The number of hydrogen-bond donors (Lipinski definition) is 0. The molecule has 23 heavy (non-hydrogen) atoms. The minimum atomic E-state index is -5.80. The van der Waals surface area contributed by atoms with Crippen LogP contribution in [0.5, 0.6) is 5.75 Å². The summed E-state index contributed by atoms with van der Waals surface area (Å²) in [6.45, 7) is 3.44. The lowest BCUT2D eigenvalue weighted by Crippen LogP contribution is -2.29. The third kappa shape index (κ3) is 3.26. The van der Waals surface area contributed by atoms with E-state index < -0.39 is 15.6 Å². The van der Waals surface area contributed by atoms with Gasteiger partial charge < -0.3 is 4.18 Å². The van der Waals surface area contributed by atoms with E-state index in [2.05, 4.69) is 4.18 Å². The van der Waals surface area contributed by atoms with Crippen molar-refractivity contribution < 1.29 is 30.6 Å². The van der Waals surface area contributed by atoms with Crippen molar-refractivity contribution in [2.75, 3.05) is 0 Å². The number of rotatable bonds is 4. The SMILES string of the molecule is C/C=C/C(C)c1ccc2c(c1OS(=O)(=O)C(F)(F)F)CCC2=O. The van der Waals surface area contributed by atoms with Crippen LogP contribution in [-0.4, -0.2) is 19.7 Å². The number of carbonyl (C=O) groups is 1. The number of Topliss-reactive ketones (excluding diaryl/α,β-unsaturated/α-hetero) is 1. The molecular weight excluding hydrogens is 333 g/mol. The number of benzene rings is 1. The van der Waals surface area contributed by atoms with Gasteiger partial charge >= 0.3 is 15.6 Å². The van der Waals surface area contributed by atoms with Gasteiger partial charge in [-0.05, 0) is 13.3 Å². The van der Waals surface area contributed by atoms with E-state index in [0.717, 1.165) is 0 Å². The van der Waals surface area contributed by atoms with Crippen LogP contribution in [0.15, 0.2) is 24.3 Å². The van der Waals surface area contributed by atoms with Crippen molar-refractivity contribution in [1.29, 1.82) is 0 Å². The van der Waals surface area contributed by atoms with Crippen LogP contribution in [0.2, 0.25) is 0 Å². The second kappa shape index (κ2) is 5.99. The van der Waals surface area contributed by atoms with Crippen LogP contribution in [0.1, 0.15) is 47.7 Å². The second-order valence-electron chi connectivity index (χ2n) is 5.23. The fourth-order valence-corrected chi connectivity index (χ4v) is 3.05. The number of ketones is 1. The summed E-state index contributed by atoms with van der Waals surface area (Å²) in [5.74, 6) is -0.977. The summed E-state index contributed by atoms with van der Waals surface area (Å²) < 4.78 is 65.1. The van der Waals surface area contributed by atoms with Crippen molar-refractivity contribution in [1.82, 2.24) is 0 Å². The molecular formula is C15H15F3O4S. The third-order valence-electron chi connectivity index (χ3n) is 3.64. The Hall–Kier alpha value is -1.83. The van der Waals surface area contributed by atoms with Crippen molar-refractivity contribution in [3.05, 3.63) is 41.0 Å². The highest BCUT2D eigenvalue weighted by atomic mass is 32.2. The molecule has 0 saturated carbocycles. The molecule has 1 atom stereocenters. The summed E-state index contributed by atoms with van der Waals surface area (Å²) in [4.78, 5) is 11.7. The molecule has 0 aliphatic heterocycles. The lowest BCUT2D eigenvalue weighted by atomic mass is 9.95. The smallest absolute Gasteiger partial charge is 0.375 e. The average Bonchev–Trinajstić information content (AvgIpc) is 2.80. The van der Waals surface area contributed by atoms with E-state index in [1.54, 1.807) is 26.0 Å². The van der Waals surface area contributed by atoms with E-state index in [1.807, 2.05) is 0 Å². The number of carbonyl (C=O) groups excluding carboxylic acids is 1. The van der Waals surface area contributed by atoms with Crippen molar-refractivity contribution in [3.63, 3.8) is 0 Å². The standard InChI is InChI=1S/C15H15F3O4S/c1-3-4-9(2)10-5-6-11-12(7-8-13(11)19)14(10)22-23(20,21)15(16,17)18/h3-6,9H,7-8H2,1-2H3/b4-3+. The minimum Gasteiger partial charge on any atom is -0.375 e. The van der Waals surface area contributed by atoms with Gasteiger partial charge in [0.2, 0.25) is 0 Å². The van der Waals surface area contributed by atoms with E-state index in [9.17, 15) is 26.4 Å². The van der Waals surface area contributed by atoms with E-state index >= 15 is 0 Å². The molecule has 2 rings (SSSR count). The lowest BCUT2D eigenvalue weighted by molar-refractivity contribution is -0.0500. The molecule has 0 bridgehead atoms. The molecule has 0 heterocycles. The maximum atomic E-state index is 12.6. The molecule has 1 aliphatic carbocycles. The average molecular weight is 348 g/mol. The van der Waals surface area contributed by atoms with Crippen LogP contribution in [0.3, 0.4) is 0 Å². The molecule has 0 spiro atoms. The first-order chi connectivity index (χ1) is 10.6. The molecule has 1 aliphatic rings. The zero-order valence-electron chi connectivity index (χ0n) is 12.5. The second-order valence-corrected chi connectivity index (χ2v) is 6.77. The topological polar surface area (TPSA) is 60.4 Å². The zero-order valence-corrected chi connectivity index (χ0v) is 13.3. The fraction of sp³-hybridized carbons (Fsp3) is 0.400. The summed E-state index contributed by atoms with van der Waals surface area (Å²) in [6, 6.07) is 2.95. The maximum absolute atomic E-state index is 12.6. The summed E-state index contributed by atoms with van der Waals surface area (Å²) in [6.07, 6.45) is 3.68. The monoisotopic (exact) mass is 348 g/mol. The summed E-state index contributed by atoms with van der Waals surface area (Å²) in [5.41, 5.74) is -4.80. The van der Waals surface area contributed by atoms with Crippen LogP contribution in [0.25, 0.3) is 0 Å². The zero-order chi connectivity index (χ0) is 17.4. The predicted molar refractivity (Wildman–Crippen MR) is 77.9 cm³/mol. The minimum absolute atomic E-state index is 0.124. The van der Waals surface area contributed by atoms with Crippen molar-refractivity contribution in [2.45, 2.75) is 38.1 Å². The number of hydrogen-bond acceptors (Lipinski definition) is 4. The maximum Gasteiger partial charge on any atom is 0.534 e. The molecule has 1 unspecified atom stereocenters. The molecule has 4 nitrogen and oxygen atoms in total. The molecule has 0 fully saturated rings. The Morgan fingerprint density at radius 1 is 1.26 bits per heavy atom. The first-order valence-electron chi connectivity index (χ1n) is 6.91. The lowest BCUT2D eigenvalue weighted by Gasteiger charge is -2.18. The molecule has 1 aromatic carbocycles. The van der Waals surface area contributed by atoms with Crippen molar-refractivity contribution >= 4 is 15.9 Å². The van der Waals surface area contributed by atoms with E-state index in [-0.39, 0.29) is 41.4 Å². The molecule has 0 aromatic heterocycles. The van der Waals surface area contributed by atoms with Gasteiger partial charge in [-0.15, -0.1) is 0 Å². The van der Waals surface area contributed by atoms with E-state index in [0.29, 0.717) is 5.56 Å². The molecule has 0 radical (unpaired) electrons. The van der Waals surface area contributed by atoms with Crippen LogP contribution in [0.4, 0.5) is 13.2 Å². The number of fused-ring (bicyclic) bond motifs is 1. The highest BCUT2D eigenvalue weighted by Gasteiger charge is 2.49.